The van der Waals surface area contributed by atoms with Gasteiger partial charge in [-0.1, -0.05) is 60.7 Å². The van der Waals surface area contributed by atoms with E-state index in [9.17, 15) is 36.7 Å². The third-order valence-electron chi connectivity index (χ3n) is 11.9. The van der Waals surface area contributed by atoms with E-state index in [1.54, 1.807) is 35.4 Å². The molecule has 2 saturated carbocycles. The number of anilines is 1. The Labute approximate surface area is 399 Å². The third kappa shape index (κ3) is 12.4. The molecule has 4 aliphatic rings. The minimum atomic E-state index is -3.52. The Morgan fingerprint density at radius 2 is 1.19 bits per heavy atom. The molecule has 2 aliphatic heterocycles. The lowest BCUT2D eigenvalue weighted by Crippen LogP contribution is -2.46. The molecule has 5 N–H and O–H groups in total. The number of rotatable bonds is 11. The quantitative estimate of drug-likeness (QED) is 0.0752. The summed E-state index contributed by atoms with van der Waals surface area (Å²) in [7, 11) is 1.50. The van der Waals surface area contributed by atoms with Crippen LogP contribution in [0, 0.1) is 15.4 Å². The number of hydrogen-bond donors (Lipinski definition) is 4. The Hall–Kier alpha value is -5.89. The fourth-order valence-corrected chi connectivity index (χ4v) is 8.73. The van der Waals surface area contributed by atoms with Crippen LogP contribution in [-0.4, -0.2) is 74.2 Å². The van der Waals surface area contributed by atoms with Gasteiger partial charge in [0, 0.05) is 59.8 Å². The highest BCUT2D eigenvalue weighted by Crippen LogP contribution is 2.39. The number of benzene rings is 4. The van der Waals surface area contributed by atoms with Crippen molar-refractivity contribution in [3.05, 3.63) is 124 Å². The lowest BCUT2D eigenvalue weighted by Gasteiger charge is -2.29. The first-order chi connectivity index (χ1) is 32.0. The third-order valence-corrected chi connectivity index (χ3v) is 12.6. The van der Waals surface area contributed by atoms with Gasteiger partial charge in [-0.05, 0) is 115 Å². The van der Waals surface area contributed by atoms with Crippen LogP contribution in [0.25, 0.3) is 21.8 Å². The normalized spacial score (nSPS) is 20.2. The van der Waals surface area contributed by atoms with Gasteiger partial charge in [-0.3, -0.25) is 28.5 Å². The Morgan fingerprint density at radius 1 is 0.701 bits per heavy atom. The number of nitrogens with two attached hydrogens (primary N) is 1. The Morgan fingerprint density at radius 3 is 1.72 bits per heavy atom. The molecule has 2 unspecified atom stereocenters. The standard InChI is InChI=1S/C24H24F2N4O2.C13H14F2N2O2.C11H11IN2.CH5N/c1-24(25,26)23(32)28-19-12-21(31)30(22(19)16-5-3-2-4-6-16)18-9-10-20-17(11-18)13-27-29(20)14-15-7-8-15;1-13(14,15)12(19)16-9-7-10(18)17-11(9)8-5-3-2-4-6-8;12-10-3-4-11-9(5-10)6-13-14(11)7-8-1-2-8;1-2/h2-6,9-11,13,15,19,22H,7-8,12,14H2,1H3,(H,28,32);2-6,9,11H,7H2,1H3,(H,16,19)(H,17,18);3-6,8H,1-2,7H2;2H2,1H3/t19-,22?;9-,11?;;/m00../s1. The van der Waals surface area contributed by atoms with Gasteiger partial charge in [0.1, 0.15) is 0 Å². The molecule has 6 aromatic rings. The number of carbonyl (C=O) groups excluding carboxylic acids is 4. The van der Waals surface area contributed by atoms with Gasteiger partial charge in [0.05, 0.1) is 47.6 Å². The molecular formula is C49H54F4IN9O4. The summed E-state index contributed by atoms with van der Waals surface area (Å²) in [6.07, 6.45) is 8.92. The molecule has 4 amide bonds. The van der Waals surface area contributed by atoms with Gasteiger partial charge >= 0.3 is 11.8 Å². The predicted molar refractivity (Wildman–Crippen MR) is 256 cm³/mol. The summed E-state index contributed by atoms with van der Waals surface area (Å²) in [4.78, 5) is 49.4. The molecule has 13 nitrogen and oxygen atoms in total. The SMILES string of the molecule is CC(F)(F)C(=O)N[C@H]1CC(=O)N(c2ccc3c(cnn3CC3CC3)c2)C1c1ccccc1.CC(F)(F)C(=O)N[C@H]1CC(=O)NC1c1ccccc1.CN.Ic1ccc2c(cnn2CC2CC2)c1. The molecule has 2 aromatic heterocycles. The lowest BCUT2D eigenvalue weighted by molar-refractivity contribution is -0.144. The second kappa shape index (κ2) is 21.0. The van der Waals surface area contributed by atoms with Crippen LogP contribution in [-0.2, 0) is 32.3 Å². The summed E-state index contributed by atoms with van der Waals surface area (Å²) in [5, 5.41) is 18.4. The van der Waals surface area contributed by atoms with E-state index in [1.165, 1.54) is 47.2 Å². The van der Waals surface area contributed by atoms with Gasteiger partial charge in [0.25, 0.3) is 11.8 Å². The van der Waals surface area contributed by atoms with Gasteiger partial charge in [-0.2, -0.15) is 27.8 Å². The lowest BCUT2D eigenvalue weighted by atomic mass is 9.99. The number of aromatic nitrogens is 4. The predicted octanol–water partition coefficient (Wildman–Crippen LogP) is 8.08. The van der Waals surface area contributed by atoms with E-state index in [-0.39, 0.29) is 24.7 Å². The monoisotopic (exact) mass is 1040 g/mol. The molecule has 354 valence electrons. The fraction of sp³-hybridized carbons (Fsp3) is 0.388. The van der Waals surface area contributed by atoms with Crippen LogP contribution in [0.3, 0.4) is 0 Å². The number of halogens is 5. The maximum absolute atomic E-state index is 13.6. The molecule has 4 fully saturated rings. The summed E-state index contributed by atoms with van der Waals surface area (Å²) in [5.41, 5.74) is 8.98. The van der Waals surface area contributed by atoms with Crippen LogP contribution in [0.1, 0.15) is 75.6 Å². The largest absolute Gasteiger partial charge is 0.347 e. The second-order valence-electron chi connectivity index (χ2n) is 17.4. The Balaban J connectivity index is 0.000000161. The number of alkyl halides is 4. The van der Waals surface area contributed by atoms with Crippen molar-refractivity contribution < 1.29 is 36.7 Å². The molecule has 4 aromatic carbocycles. The van der Waals surface area contributed by atoms with Crippen LogP contribution >= 0.6 is 22.6 Å². The molecule has 0 spiro atoms. The maximum Gasteiger partial charge on any atom is 0.321 e. The fourth-order valence-electron chi connectivity index (χ4n) is 8.21. The molecule has 2 saturated heterocycles. The number of fused-ring (bicyclic) bond motifs is 2. The number of amides is 4. The topological polar surface area (TPSA) is 169 Å². The van der Waals surface area contributed by atoms with E-state index in [0.717, 1.165) is 41.0 Å². The maximum atomic E-state index is 13.6. The van der Waals surface area contributed by atoms with Crippen LogP contribution < -0.4 is 26.6 Å². The van der Waals surface area contributed by atoms with Crippen molar-refractivity contribution in [2.75, 3.05) is 11.9 Å². The summed E-state index contributed by atoms with van der Waals surface area (Å²) >= 11 is 2.34. The van der Waals surface area contributed by atoms with E-state index >= 15 is 0 Å². The molecule has 4 heterocycles. The van der Waals surface area contributed by atoms with E-state index in [2.05, 4.69) is 77.4 Å². The minimum Gasteiger partial charge on any atom is -0.347 e. The van der Waals surface area contributed by atoms with Crippen molar-refractivity contribution >= 4 is 73.7 Å². The van der Waals surface area contributed by atoms with Crippen molar-refractivity contribution in [1.82, 2.24) is 35.5 Å². The highest BCUT2D eigenvalue weighted by molar-refractivity contribution is 14.1. The second-order valence-corrected chi connectivity index (χ2v) is 18.7. The number of carbonyl (C=O) groups is 4. The summed E-state index contributed by atoms with van der Waals surface area (Å²) < 4.78 is 58.3. The average Bonchev–Trinajstić information content (AvgIpc) is 4.16. The molecule has 2 aliphatic carbocycles. The Kier molecular flexibility index (Phi) is 15.3. The first-order valence-electron chi connectivity index (χ1n) is 22.2. The van der Waals surface area contributed by atoms with Crippen LogP contribution in [0.4, 0.5) is 23.2 Å². The minimum absolute atomic E-state index is 0.00137. The van der Waals surface area contributed by atoms with E-state index in [1.807, 2.05) is 65.5 Å². The smallest absolute Gasteiger partial charge is 0.321 e. The van der Waals surface area contributed by atoms with E-state index < -0.39 is 47.8 Å². The molecule has 0 radical (unpaired) electrons. The van der Waals surface area contributed by atoms with Gasteiger partial charge in [0.15, 0.2) is 0 Å². The zero-order valence-electron chi connectivity index (χ0n) is 37.3. The molecule has 10 rings (SSSR count). The molecular weight excluding hydrogens is 981 g/mol. The summed E-state index contributed by atoms with van der Waals surface area (Å²) in [6.45, 7) is 3.08. The first kappa shape index (κ1) is 49.0. The van der Waals surface area contributed by atoms with E-state index in [4.69, 9.17) is 0 Å². The molecule has 67 heavy (non-hydrogen) atoms. The van der Waals surface area contributed by atoms with Gasteiger partial charge in [-0.25, -0.2) is 0 Å². The van der Waals surface area contributed by atoms with Gasteiger partial charge in [0.2, 0.25) is 11.8 Å². The summed E-state index contributed by atoms with van der Waals surface area (Å²) in [5.74, 6) is -8.64. The average molecular weight is 1040 g/mol. The highest BCUT2D eigenvalue weighted by Gasteiger charge is 2.45. The van der Waals surface area contributed by atoms with E-state index in [0.29, 0.717) is 25.5 Å². The van der Waals surface area contributed by atoms with Crippen LogP contribution in [0.5, 0.6) is 0 Å². The van der Waals surface area contributed by atoms with Gasteiger partial charge < -0.3 is 26.6 Å². The van der Waals surface area contributed by atoms with Crippen molar-refractivity contribution in [1.29, 1.82) is 0 Å². The number of nitrogens with zero attached hydrogens (tertiary/aromatic N) is 5. The van der Waals surface area contributed by atoms with Crippen molar-refractivity contribution in [2.45, 2.75) is 101 Å². The number of hydrogen-bond acceptors (Lipinski definition) is 7. The van der Waals surface area contributed by atoms with Crippen LogP contribution in [0.2, 0.25) is 0 Å². The number of nitrogens with one attached hydrogen (secondary N) is 3. The zero-order valence-corrected chi connectivity index (χ0v) is 39.5. The molecule has 18 heteroatoms. The first-order valence-corrected chi connectivity index (χ1v) is 23.3. The molecule has 0 bridgehead atoms. The zero-order chi connectivity index (χ0) is 48.0. The van der Waals surface area contributed by atoms with Crippen molar-refractivity contribution in [2.24, 2.45) is 17.6 Å². The van der Waals surface area contributed by atoms with Crippen LogP contribution in [0.15, 0.2) is 109 Å². The van der Waals surface area contributed by atoms with Crippen molar-refractivity contribution in [3.8, 4) is 0 Å². The highest BCUT2D eigenvalue weighted by atomic mass is 127. The Bertz CT molecular complexity index is 2680. The van der Waals surface area contributed by atoms with Gasteiger partial charge in [-0.15, -0.1) is 0 Å². The molecule has 4 atom stereocenters. The summed E-state index contributed by atoms with van der Waals surface area (Å²) in [6, 6.07) is 27.8. The van der Waals surface area contributed by atoms with Crippen molar-refractivity contribution in [3.63, 3.8) is 0 Å².